The molecule has 0 radical (unpaired) electrons. The van der Waals surface area contributed by atoms with Crippen LogP contribution in [0.15, 0.2) is 59.7 Å². The van der Waals surface area contributed by atoms with Gasteiger partial charge in [0.15, 0.2) is 5.78 Å². The first-order chi connectivity index (χ1) is 13.2. The van der Waals surface area contributed by atoms with E-state index in [0.717, 1.165) is 17.7 Å². The van der Waals surface area contributed by atoms with Gasteiger partial charge in [0.25, 0.3) is 0 Å². The number of benzene rings is 1. The molecule has 2 atom stereocenters. The Balaban J connectivity index is 0.00000190. The lowest BCUT2D eigenvalue weighted by molar-refractivity contribution is -0.131. The Labute approximate surface area is 164 Å². The zero-order chi connectivity index (χ0) is 21.3. The number of allylic oxidation sites excluding steroid dienone is 6. The summed E-state index contributed by atoms with van der Waals surface area (Å²) < 4.78 is 26.6. The summed E-state index contributed by atoms with van der Waals surface area (Å²) in [5, 5.41) is 8.78. The minimum atomic E-state index is -1.03. The highest BCUT2D eigenvalue weighted by molar-refractivity contribution is 5.92. The maximum absolute atomic E-state index is 13.3. The Morgan fingerprint density at radius 2 is 1.75 bits per heavy atom. The van der Waals surface area contributed by atoms with Gasteiger partial charge in [-0.25, -0.2) is 13.6 Å². The highest BCUT2D eigenvalue weighted by Crippen LogP contribution is 2.31. The van der Waals surface area contributed by atoms with Crippen molar-refractivity contribution in [3.63, 3.8) is 0 Å². The van der Waals surface area contributed by atoms with Crippen LogP contribution in [0.4, 0.5) is 8.78 Å². The Bertz CT molecular complexity index is 812. The summed E-state index contributed by atoms with van der Waals surface area (Å²) in [7, 11) is 0. The first-order valence-electron chi connectivity index (χ1n) is 9.22. The van der Waals surface area contributed by atoms with Gasteiger partial charge in [-0.05, 0) is 47.8 Å². The number of carboxylic acids is 1. The highest BCUT2D eigenvalue weighted by atomic mass is 19.1. The van der Waals surface area contributed by atoms with Crippen LogP contribution in [0.25, 0.3) is 6.08 Å². The Morgan fingerprint density at radius 1 is 1.14 bits per heavy atom. The van der Waals surface area contributed by atoms with E-state index in [9.17, 15) is 18.4 Å². The van der Waals surface area contributed by atoms with E-state index >= 15 is 0 Å². The molecule has 0 spiro atoms. The average Bonchev–Trinajstić information content (AvgIpc) is 2.59. The van der Waals surface area contributed by atoms with Gasteiger partial charge in [-0.1, -0.05) is 45.1 Å². The molecule has 0 aliphatic heterocycles. The van der Waals surface area contributed by atoms with E-state index in [1.807, 2.05) is 26.8 Å². The minimum absolute atomic E-state index is 0.00924. The molecule has 0 bridgehead atoms. The van der Waals surface area contributed by atoms with Crippen molar-refractivity contribution in [2.45, 2.75) is 34.1 Å². The Kier molecular flexibility index (Phi) is 9.22. The maximum Gasteiger partial charge on any atom is 0.328 e. The first-order valence-corrected chi connectivity index (χ1v) is 9.22. The minimum Gasteiger partial charge on any atom is -0.478 e. The normalized spacial score (nSPS) is 20.1. The summed E-state index contributed by atoms with van der Waals surface area (Å²) >= 11 is 0. The zero-order valence-corrected chi connectivity index (χ0v) is 16.6. The van der Waals surface area contributed by atoms with E-state index in [0.29, 0.717) is 17.6 Å². The lowest BCUT2D eigenvalue weighted by Gasteiger charge is -2.25. The van der Waals surface area contributed by atoms with Crippen molar-refractivity contribution in [2.75, 3.05) is 0 Å². The summed E-state index contributed by atoms with van der Waals surface area (Å²) in [6.07, 6.45) is 9.81. The SMILES string of the molecule is CC.CC(/C=C/C1C(/C=C/c2cc(F)cc(F)c2)=CC(=O)CC1C)=C\C(=O)O. The molecule has 0 amide bonds. The van der Waals surface area contributed by atoms with Crippen molar-refractivity contribution >= 4 is 17.8 Å². The van der Waals surface area contributed by atoms with Crippen LogP contribution in [-0.4, -0.2) is 16.9 Å². The van der Waals surface area contributed by atoms with Crippen LogP contribution < -0.4 is 0 Å². The largest absolute Gasteiger partial charge is 0.478 e. The zero-order valence-electron chi connectivity index (χ0n) is 16.6. The second-order valence-corrected chi connectivity index (χ2v) is 6.44. The fraction of sp³-hybridized carbons (Fsp3) is 0.304. The van der Waals surface area contributed by atoms with Gasteiger partial charge in [-0.2, -0.15) is 0 Å². The molecule has 150 valence electrons. The molecule has 1 aromatic rings. The molecule has 1 aliphatic rings. The number of hydrogen-bond acceptors (Lipinski definition) is 2. The predicted octanol–water partition coefficient (Wildman–Crippen LogP) is 5.74. The van der Waals surface area contributed by atoms with E-state index < -0.39 is 17.6 Å². The highest BCUT2D eigenvalue weighted by Gasteiger charge is 2.25. The van der Waals surface area contributed by atoms with E-state index in [1.54, 1.807) is 25.2 Å². The van der Waals surface area contributed by atoms with Crippen LogP contribution in [-0.2, 0) is 9.59 Å². The predicted molar refractivity (Wildman–Crippen MR) is 108 cm³/mol. The topological polar surface area (TPSA) is 54.4 Å². The van der Waals surface area contributed by atoms with Gasteiger partial charge in [0.2, 0.25) is 0 Å². The summed E-state index contributed by atoms with van der Waals surface area (Å²) in [6.45, 7) is 7.61. The van der Waals surface area contributed by atoms with Gasteiger partial charge in [0.05, 0.1) is 0 Å². The molecule has 1 aromatic carbocycles. The van der Waals surface area contributed by atoms with Crippen molar-refractivity contribution in [2.24, 2.45) is 11.8 Å². The molecule has 0 heterocycles. The van der Waals surface area contributed by atoms with Crippen molar-refractivity contribution in [3.8, 4) is 0 Å². The number of rotatable bonds is 5. The molecule has 1 N–H and O–H groups in total. The molecule has 0 aromatic heterocycles. The monoisotopic (exact) mass is 388 g/mol. The van der Waals surface area contributed by atoms with Crippen LogP contribution in [0, 0.1) is 23.5 Å². The molecule has 2 unspecified atom stereocenters. The lowest BCUT2D eigenvalue weighted by Crippen LogP contribution is -2.20. The van der Waals surface area contributed by atoms with Gasteiger partial charge < -0.3 is 5.11 Å². The summed E-state index contributed by atoms with van der Waals surface area (Å²) in [4.78, 5) is 22.6. The Morgan fingerprint density at radius 3 is 2.32 bits per heavy atom. The molecular formula is C23H26F2O3. The van der Waals surface area contributed by atoms with E-state index in [2.05, 4.69) is 0 Å². The van der Waals surface area contributed by atoms with Crippen molar-refractivity contribution in [1.29, 1.82) is 0 Å². The quantitative estimate of drug-likeness (QED) is 0.517. The fourth-order valence-corrected chi connectivity index (χ4v) is 2.94. The first kappa shape index (κ1) is 23.2. The number of hydrogen-bond donors (Lipinski definition) is 1. The van der Waals surface area contributed by atoms with Gasteiger partial charge in [0, 0.05) is 24.5 Å². The van der Waals surface area contributed by atoms with E-state index in [-0.39, 0.29) is 17.6 Å². The standard InChI is InChI=1S/C21H20F2O3.C2H6/c1-13(7-21(25)26)3-6-20-14(2)8-19(24)11-16(20)5-4-15-9-17(22)12-18(23)10-15;1-2/h3-7,9-12,14,20H,8H2,1-2H3,(H,25,26);1-2H3/b5-4+,6-3+,13-7+;. The van der Waals surface area contributed by atoms with E-state index in [4.69, 9.17) is 5.11 Å². The van der Waals surface area contributed by atoms with Crippen molar-refractivity contribution in [3.05, 3.63) is 76.9 Å². The van der Waals surface area contributed by atoms with Crippen LogP contribution in [0.1, 0.15) is 39.7 Å². The second-order valence-electron chi connectivity index (χ2n) is 6.44. The smallest absolute Gasteiger partial charge is 0.328 e. The average molecular weight is 388 g/mol. The maximum atomic E-state index is 13.3. The molecular weight excluding hydrogens is 362 g/mol. The molecule has 0 saturated carbocycles. The van der Waals surface area contributed by atoms with Crippen LogP contribution in [0.3, 0.4) is 0 Å². The number of aliphatic carboxylic acids is 1. The van der Waals surface area contributed by atoms with Crippen LogP contribution in [0.2, 0.25) is 0 Å². The van der Waals surface area contributed by atoms with Crippen molar-refractivity contribution in [1.82, 2.24) is 0 Å². The van der Waals surface area contributed by atoms with Gasteiger partial charge in [0.1, 0.15) is 11.6 Å². The van der Waals surface area contributed by atoms with Gasteiger partial charge in [-0.3, -0.25) is 4.79 Å². The third-order valence-electron chi connectivity index (χ3n) is 4.12. The number of halogens is 2. The summed E-state index contributed by atoms with van der Waals surface area (Å²) in [5.41, 5.74) is 1.66. The van der Waals surface area contributed by atoms with Crippen LogP contribution >= 0.6 is 0 Å². The molecule has 0 fully saturated rings. The number of ketones is 1. The Hall–Kier alpha value is -2.82. The molecule has 1 aliphatic carbocycles. The summed E-state index contributed by atoms with van der Waals surface area (Å²) in [5.74, 6) is -2.44. The van der Waals surface area contributed by atoms with Crippen LogP contribution in [0.5, 0.6) is 0 Å². The molecule has 5 heteroatoms. The molecule has 3 nitrogen and oxygen atoms in total. The number of carbonyl (C=O) groups is 2. The molecule has 0 saturated heterocycles. The third-order valence-corrected chi connectivity index (χ3v) is 4.12. The van der Waals surface area contributed by atoms with Gasteiger partial charge >= 0.3 is 5.97 Å². The van der Waals surface area contributed by atoms with E-state index in [1.165, 1.54) is 18.2 Å². The summed E-state index contributed by atoms with van der Waals surface area (Å²) in [6, 6.07) is 3.21. The number of carboxylic acid groups (broad SMARTS) is 1. The van der Waals surface area contributed by atoms with Gasteiger partial charge in [-0.15, -0.1) is 0 Å². The third kappa shape index (κ3) is 7.43. The van der Waals surface area contributed by atoms with Crippen molar-refractivity contribution < 1.29 is 23.5 Å². The lowest BCUT2D eigenvalue weighted by atomic mass is 9.78. The second kappa shape index (κ2) is 11.1. The molecule has 2 rings (SSSR count). The molecule has 28 heavy (non-hydrogen) atoms. The fourth-order valence-electron chi connectivity index (χ4n) is 2.94. The number of carbonyl (C=O) groups excluding carboxylic acids is 1.